The van der Waals surface area contributed by atoms with E-state index < -0.39 is 0 Å². The van der Waals surface area contributed by atoms with Crippen LogP contribution in [0, 0.1) is 5.41 Å². The summed E-state index contributed by atoms with van der Waals surface area (Å²) in [6, 6.07) is 5.04. The van der Waals surface area contributed by atoms with Crippen LogP contribution in [0.2, 0.25) is 0 Å². The SMILES string of the molecule is CC1(C)CCC(NCc2cc(Br)cc3c2OCC3)C1. The molecule has 1 N–H and O–H groups in total. The minimum Gasteiger partial charge on any atom is -0.493 e. The first kappa shape index (κ1) is 13.4. The minimum absolute atomic E-state index is 0.507. The van der Waals surface area contributed by atoms with Crippen LogP contribution in [0.15, 0.2) is 16.6 Å². The third kappa shape index (κ3) is 2.97. The average molecular weight is 324 g/mol. The molecule has 1 heterocycles. The molecule has 0 saturated heterocycles. The van der Waals surface area contributed by atoms with Gasteiger partial charge in [-0.1, -0.05) is 29.8 Å². The molecule has 1 atom stereocenters. The summed E-state index contributed by atoms with van der Waals surface area (Å²) in [4.78, 5) is 0. The van der Waals surface area contributed by atoms with E-state index in [2.05, 4.69) is 47.2 Å². The molecule has 2 nitrogen and oxygen atoms in total. The van der Waals surface area contributed by atoms with Crippen LogP contribution in [-0.4, -0.2) is 12.6 Å². The number of halogens is 1. The first-order chi connectivity index (χ1) is 9.03. The number of fused-ring (bicyclic) bond motifs is 1. The van der Waals surface area contributed by atoms with E-state index in [4.69, 9.17) is 4.74 Å². The van der Waals surface area contributed by atoms with E-state index in [1.54, 1.807) is 0 Å². The molecule has 1 aliphatic heterocycles. The smallest absolute Gasteiger partial charge is 0.127 e. The lowest BCUT2D eigenvalue weighted by molar-refractivity contribution is 0.348. The van der Waals surface area contributed by atoms with Gasteiger partial charge in [-0.25, -0.2) is 0 Å². The first-order valence-electron chi connectivity index (χ1n) is 7.21. The van der Waals surface area contributed by atoms with Crippen LogP contribution in [-0.2, 0) is 13.0 Å². The fourth-order valence-corrected chi connectivity index (χ4v) is 3.89. The Morgan fingerprint density at radius 3 is 3.00 bits per heavy atom. The molecule has 1 fully saturated rings. The number of nitrogens with one attached hydrogen (secondary N) is 1. The maximum Gasteiger partial charge on any atom is 0.127 e. The second-order valence-electron chi connectivity index (χ2n) is 6.64. The Hall–Kier alpha value is -0.540. The molecule has 1 aromatic rings. The fraction of sp³-hybridized carbons (Fsp3) is 0.625. The van der Waals surface area contributed by atoms with E-state index in [1.807, 2.05) is 0 Å². The molecule has 1 saturated carbocycles. The number of rotatable bonds is 3. The zero-order chi connectivity index (χ0) is 13.5. The highest BCUT2D eigenvalue weighted by Crippen LogP contribution is 2.38. The van der Waals surface area contributed by atoms with Crippen LogP contribution in [0.25, 0.3) is 0 Å². The Morgan fingerprint density at radius 2 is 2.26 bits per heavy atom. The van der Waals surface area contributed by atoms with E-state index in [0.717, 1.165) is 25.3 Å². The lowest BCUT2D eigenvalue weighted by Gasteiger charge is -2.18. The fourth-order valence-electron chi connectivity index (χ4n) is 3.34. The van der Waals surface area contributed by atoms with Gasteiger partial charge in [-0.05, 0) is 42.4 Å². The van der Waals surface area contributed by atoms with Crippen molar-refractivity contribution in [1.29, 1.82) is 0 Å². The predicted molar refractivity (Wildman–Crippen MR) is 81.6 cm³/mol. The summed E-state index contributed by atoms with van der Waals surface area (Å²) in [6.07, 6.45) is 4.95. The Labute approximate surface area is 124 Å². The van der Waals surface area contributed by atoms with Crippen molar-refractivity contribution >= 4 is 15.9 Å². The Kier molecular flexibility index (Phi) is 3.61. The summed E-state index contributed by atoms with van der Waals surface area (Å²) in [7, 11) is 0. The van der Waals surface area contributed by atoms with Gasteiger partial charge in [0.05, 0.1) is 6.61 Å². The quantitative estimate of drug-likeness (QED) is 0.906. The molecule has 2 aliphatic rings. The van der Waals surface area contributed by atoms with E-state index in [9.17, 15) is 0 Å². The van der Waals surface area contributed by atoms with E-state index in [1.165, 1.54) is 34.9 Å². The number of hydrogen-bond acceptors (Lipinski definition) is 2. The normalized spacial score (nSPS) is 24.3. The first-order valence-corrected chi connectivity index (χ1v) is 8.00. The van der Waals surface area contributed by atoms with Crippen molar-refractivity contribution in [2.75, 3.05) is 6.61 Å². The topological polar surface area (TPSA) is 21.3 Å². The summed E-state index contributed by atoms with van der Waals surface area (Å²) in [6.45, 7) is 6.49. The van der Waals surface area contributed by atoms with Crippen LogP contribution in [0.1, 0.15) is 44.2 Å². The molecular weight excluding hydrogens is 302 g/mol. The molecule has 1 aliphatic carbocycles. The Bertz CT molecular complexity index is 484. The summed E-state index contributed by atoms with van der Waals surface area (Å²) < 4.78 is 6.95. The highest BCUT2D eigenvalue weighted by atomic mass is 79.9. The maximum absolute atomic E-state index is 5.78. The molecule has 3 heteroatoms. The lowest BCUT2D eigenvalue weighted by Crippen LogP contribution is -2.27. The van der Waals surface area contributed by atoms with Crippen molar-refractivity contribution in [3.05, 3.63) is 27.7 Å². The number of benzene rings is 1. The zero-order valence-corrected chi connectivity index (χ0v) is 13.3. The van der Waals surface area contributed by atoms with Gasteiger partial charge >= 0.3 is 0 Å². The molecule has 0 amide bonds. The summed E-state index contributed by atoms with van der Waals surface area (Å²) in [5.74, 6) is 1.12. The average Bonchev–Trinajstić information content (AvgIpc) is 2.92. The standard InChI is InChI=1S/C16H22BrNO/c1-16(2)5-3-14(9-16)18-10-12-8-13(17)7-11-4-6-19-15(11)12/h7-8,14,18H,3-6,9-10H2,1-2H3. The number of ether oxygens (including phenoxy) is 1. The molecular formula is C16H22BrNO. The second-order valence-corrected chi connectivity index (χ2v) is 7.55. The van der Waals surface area contributed by atoms with E-state index in [0.29, 0.717) is 11.5 Å². The maximum atomic E-state index is 5.78. The zero-order valence-electron chi connectivity index (χ0n) is 11.8. The van der Waals surface area contributed by atoms with Crippen LogP contribution < -0.4 is 10.1 Å². The Morgan fingerprint density at radius 1 is 1.42 bits per heavy atom. The molecule has 3 rings (SSSR count). The molecule has 0 radical (unpaired) electrons. The van der Waals surface area contributed by atoms with Crippen LogP contribution in [0.4, 0.5) is 0 Å². The second kappa shape index (κ2) is 5.10. The molecule has 104 valence electrons. The van der Waals surface area contributed by atoms with Gasteiger partial charge in [0.15, 0.2) is 0 Å². The van der Waals surface area contributed by atoms with Crippen molar-refractivity contribution in [1.82, 2.24) is 5.32 Å². The third-order valence-electron chi connectivity index (χ3n) is 4.38. The van der Waals surface area contributed by atoms with Gasteiger partial charge in [0.2, 0.25) is 0 Å². The highest BCUT2D eigenvalue weighted by molar-refractivity contribution is 9.10. The van der Waals surface area contributed by atoms with Crippen molar-refractivity contribution in [3.63, 3.8) is 0 Å². The van der Waals surface area contributed by atoms with Crippen molar-refractivity contribution in [3.8, 4) is 5.75 Å². The molecule has 1 unspecified atom stereocenters. The lowest BCUT2D eigenvalue weighted by atomic mass is 9.92. The van der Waals surface area contributed by atoms with Gasteiger partial charge in [0, 0.05) is 29.0 Å². The third-order valence-corrected chi connectivity index (χ3v) is 4.83. The number of hydrogen-bond donors (Lipinski definition) is 1. The van der Waals surface area contributed by atoms with Gasteiger partial charge < -0.3 is 10.1 Å². The van der Waals surface area contributed by atoms with Gasteiger partial charge in [0.25, 0.3) is 0 Å². The van der Waals surface area contributed by atoms with Gasteiger partial charge in [-0.2, -0.15) is 0 Å². The van der Waals surface area contributed by atoms with E-state index >= 15 is 0 Å². The molecule has 19 heavy (non-hydrogen) atoms. The summed E-state index contributed by atoms with van der Waals surface area (Å²) in [5.41, 5.74) is 3.15. The molecule has 0 bridgehead atoms. The summed E-state index contributed by atoms with van der Waals surface area (Å²) in [5, 5.41) is 3.71. The highest BCUT2D eigenvalue weighted by Gasteiger charge is 2.30. The molecule has 0 spiro atoms. The largest absolute Gasteiger partial charge is 0.493 e. The molecule has 0 aromatic heterocycles. The molecule has 1 aromatic carbocycles. The predicted octanol–water partition coefficient (Wildman–Crippen LogP) is 4.05. The van der Waals surface area contributed by atoms with Gasteiger partial charge in [0.1, 0.15) is 5.75 Å². The van der Waals surface area contributed by atoms with Gasteiger partial charge in [-0.3, -0.25) is 0 Å². The van der Waals surface area contributed by atoms with Crippen molar-refractivity contribution < 1.29 is 4.74 Å². The van der Waals surface area contributed by atoms with E-state index in [-0.39, 0.29) is 0 Å². The minimum atomic E-state index is 0.507. The monoisotopic (exact) mass is 323 g/mol. The van der Waals surface area contributed by atoms with Gasteiger partial charge in [-0.15, -0.1) is 0 Å². The van der Waals surface area contributed by atoms with Crippen LogP contribution in [0.3, 0.4) is 0 Å². The summed E-state index contributed by atoms with van der Waals surface area (Å²) >= 11 is 3.60. The van der Waals surface area contributed by atoms with Crippen LogP contribution in [0.5, 0.6) is 5.75 Å². The Balaban J connectivity index is 1.68. The van der Waals surface area contributed by atoms with Crippen molar-refractivity contribution in [2.45, 2.75) is 52.1 Å². The van der Waals surface area contributed by atoms with Crippen LogP contribution >= 0.6 is 15.9 Å². The van der Waals surface area contributed by atoms with Crippen molar-refractivity contribution in [2.24, 2.45) is 5.41 Å².